The summed E-state index contributed by atoms with van der Waals surface area (Å²) in [5, 5.41) is 13.5. The molecule has 0 aromatic rings. The zero-order valence-corrected chi connectivity index (χ0v) is 12.6. The average molecular weight is 287 g/mol. The Morgan fingerprint density at radius 3 is 2.00 bits per heavy atom. The van der Waals surface area contributed by atoms with Gasteiger partial charge in [-0.3, -0.25) is 9.80 Å². The molecular formula is C14H29N3O3. The first-order valence-corrected chi connectivity index (χ1v) is 7.75. The van der Waals surface area contributed by atoms with Gasteiger partial charge in [-0.15, -0.1) is 0 Å². The van der Waals surface area contributed by atoms with Crippen LogP contribution in [0.15, 0.2) is 0 Å². The number of hydrogen-bond acceptors (Lipinski definition) is 6. The maximum absolute atomic E-state index is 10.1. The van der Waals surface area contributed by atoms with Crippen LogP contribution in [0, 0.1) is 0 Å². The predicted octanol–water partition coefficient (Wildman–Crippen LogP) is -1.01. The Bertz CT molecular complexity index is 230. The number of hydrogen-bond donors (Lipinski definition) is 2. The van der Waals surface area contributed by atoms with Crippen molar-refractivity contribution in [3.8, 4) is 0 Å². The minimum absolute atomic E-state index is 0.305. The molecular weight excluding hydrogens is 258 g/mol. The highest BCUT2D eigenvalue weighted by molar-refractivity contribution is 4.74. The zero-order chi connectivity index (χ0) is 14.2. The monoisotopic (exact) mass is 287 g/mol. The third-order valence-electron chi connectivity index (χ3n) is 3.91. The van der Waals surface area contributed by atoms with E-state index in [2.05, 4.69) is 22.0 Å². The molecule has 0 aromatic heterocycles. The zero-order valence-electron chi connectivity index (χ0n) is 12.6. The smallest absolute Gasteiger partial charge is 0.0791 e. The number of morpholine rings is 2. The molecule has 0 saturated carbocycles. The number of ether oxygens (including phenoxy) is 2. The molecule has 2 aliphatic heterocycles. The molecule has 0 aromatic carbocycles. The second-order valence-electron chi connectivity index (χ2n) is 5.79. The van der Waals surface area contributed by atoms with Crippen molar-refractivity contribution in [1.82, 2.24) is 15.1 Å². The van der Waals surface area contributed by atoms with E-state index in [9.17, 15) is 5.11 Å². The standard InChI is InChI=1S/C14H29N3O3/c1-13(11-16-2-6-19-7-3-16)15-10-14(18)12-17-4-8-20-9-5-17/h13-15,18H,2-12H2,1H3. The summed E-state index contributed by atoms with van der Waals surface area (Å²) in [5.41, 5.74) is 0. The van der Waals surface area contributed by atoms with Crippen LogP contribution in [-0.2, 0) is 9.47 Å². The van der Waals surface area contributed by atoms with E-state index in [0.29, 0.717) is 12.6 Å². The van der Waals surface area contributed by atoms with Crippen LogP contribution in [0.25, 0.3) is 0 Å². The highest BCUT2D eigenvalue weighted by atomic mass is 16.5. The molecule has 6 heteroatoms. The van der Waals surface area contributed by atoms with E-state index in [0.717, 1.165) is 65.7 Å². The molecule has 2 fully saturated rings. The molecule has 0 bridgehead atoms. The molecule has 2 atom stereocenters. The molecule has 0 spiro atoms. The van der Waals surface area contributed by atoms with Gasteiger partial charge in [-0.05, 0) is 6.92 Å². The first-order chi connectivity index (χ1) is 9.74. The highest BCUT2D eigenvalue weighted by Crippen LogP contribution is 2.00. The third kappa shape index (κ3) is 6.03. The van der Waals surface area contributed by atoms with Crippen LogP contribution in [0.2, 0.25) is 0 Å². The van der Waals surface area contributed by atoms with Gasteiger partial charge in [0.15, 0.2) is 0 Å². The van der Waals surface area contributed by atoms with E-state index in [1.165, 1.54) is 0 Å². The third-order valence-corrected chi connectivity index (χ3v) is 3.91. The summed E-state index contributed by atoms with van der Waals surface area (Å²) < 4.78 is 10.7. The fourth-order valence-corrected chi connectivity index (χ4v) is 2.72. The van der Waals surface area contributed by atoms with E-state index in [1.54, 1.807) is 0 Å². The summed E-state index contributed by atoms with van der Waals surface area (Å²) in [7, 11) is 0. The van der Waals surface area contributed by atoms with Crippen molar-refractivity contribution < 1.29 is 14.6 Å². The summed E-state index contributed by atoms with van der Waals surface area (Å²) >= 11 is 0. The average Bonchev–Trinajstić information content (AvgIpc) is 2.47. The maximum atomic E-state index is 10.1. The van der Waals surface area contributed by atoms with E-state index in [-0.39, 0.29) is 6.10 Å². The Hall–Kier alpha value is -0.240. The van der Waals surface area contributed by atoms with Crippen molar-refractivity contribution >= 4 is 0 Å². The Morgan fingerprint density at radius 1 is 0.950 bits per heavy atom. The quantitative estimate of drug-likeness (QED) is 0.626. The van der Waals surface area contributed by atoms with Gasteiger partial charge in [0.1, 0.15) is 0 Å². The van der Waals surface area contributed by atoms with Crippen molar-refractivity contribution in [2.24, 2.45) is 0 Å². The van der Waals surface area contributed by atoms with Crippen molar-refractivity contribution in [2.75, 3.05) is 72.2 Å². The number of rotatable bonds is 7. The number of aliphatic hydroxyl groups is 1. The highest BCUT2D eigenvalue weighted by Gasteiger charge is 2.17. The molecule has 118 valence electrons. The lowest BCUT2D eigenvalue weighted by molar-refractivity contribution is 0.0133. The fraction of sp³-hybridized carbons (Fsp3) is 1.00. The lowest BCUT2D eigenvalue weighted by Crippen LogP contribution is -2.48. The van der Waals surface area contributed by atoms with Gasteiger partial charge in [-0.2, -0.15) is 0 Å². The van der Waals surface area contributed by atoms with Crippen LogP contribution < -0.4 is 5.32 Å². The van der Waals surface area contributed by atoms with Crippen molar-refractivity contribution in [1.29, 1.82) is 0 Å². The van der Waals surface area contributed by atoms with Gasteiger partial charge < -0.3 is 19.9 Å². The Labute approximate surface area is 122 Å². The van der Waals surface area contributed by atoms with E-state index in [4.69, 9.17) is 9.47 Å². The van der Waals surface area contributed by atoms with Gasteiger partial charge in [0.05, 0.1) is 32.5 Å². The first kappa shape index (κ1) is 16.1. The summed E-state index contributed by atoms with van der Waals surface area (Å²) in [6.45, 7) is 11.7. The minimum Gasteiger partial charge on any atom is -0.390 e. The van der Waals surface area contributed by atoms with Crippen LogP contribution >= 0.6 is 0 Å². The summed E-state index contributed by atoms with van der Waals surface area (Å²) in [4.78, 5) is 4.68. The molecule has 6 nitrogen and oxygen atoms in total. The topological polar surface area (TPSA) is 57.2 Å². The van der Waals surface area contributed by atoms with E-state index in [1.807, 2.05) is 0 Å². The minimum atomic E-state index is -0.305. The van der Waals surface area contributed by atoms with Crippen molar-refractivity contribution in [3.05, 3.63) is 0 Å². The molecule has 20 heavy (non-hydrogen) atoms. The Balaban J connectivity index is 1.55. The number of nitrogens with one attached hydrogen (secondary N) is 1. The second-order valence-corrected chi connectivity index (χ2v) is 5.79. The van der Waals surface area contributed by atoms with Gasteiger partial charge in [-0.25, -0.2) is 0 Å². The summed E-state index contributed by atoms with van der Waals surface area (Å²) in [6, 6.07) is 0.396. The Morgan fingerprint density at radius 2 is 1.45 bits per heavy atom. The second kappa shape index (κ2) is 8.92. The number of nitrogens with zero attached hydrogens (tertiary/aromatic N) is 2. The Kier molecular flexibility index (Phi) is 7.19. The SMILES string of the molecule is CC(CN1CCOCC1)NCC(O)CN1CCOCC1. The fourth-order valence-electron chi connectivity index (χ4n) is 2.72. The first-order valence-electron chi connectivity index (χ1n) is 7.75. The van der Waals surface area contributed by atoms with Gasteiger partial charge in [0, 0.05) is 51.9 Å². The molecule has 2 heterocycles. The maximum Gasteiger partial charge on any atom is 0.0791 e. The summed E-state index contributed by atoms with van der Waals surface area (Å²) in [5.74, 6) is 0. The summed E-state index contributed by atoms with van der Waals surface area (Å²) in [6.07, 6.45) is -0.305. The largest absolute Gasteiger partial charge is 0.390 e. The van der Waals surface area contributed by atoms with Gasteiger partial charge in [0.2, 0.25) is 0 Å². The lowest BCUT2D eigenvalue weighted by Gasteiger charge is -2.31. The van der Waals surface area contributed by atoms with Crippen LogP contribution in [0.5, 0.6) is 0 Å². The van der Waals surface area contributed by atoms with Gasteiger partial charge >= 0.3 is 0 Å². The van der Waals surface area contributed by atoms with Crippen LogP contribution in [0.4, 0.5) is 0 Å². The molecule has 2 unspecified atom stereocenters. The molecule has 2 saturated heterocycles. The predicted molar refractivity (Wildman–Crippen MR) is 78.0 cm³/mol. The lowest BCUT2D eigenvalue weighted by atomic mass is 10.2. The number of aliphatic hydroxyl groups excluding tert-OH is 1. The molecule has 2 rings (SSSR count). The van der Waals surface area contributed by atoms with Crippen molar-refractivity contribution in [2.45, 2.75) is 19.1 Å². The van der Waals surface area contributed by atoms with E-state index >= 15 is 0 Å². The van der Waals surface area contributed by atoms with Crippen molar-refractivity contribution in [3.63, 3.8) is 0 Å². The number of β-amino-alcohol motifs (C(OH)–C–C–N with tert-alkyl or cyclic N) is 1. The van der Waals surface area contributed by atoms with Crippen LogP contribution in [0.3, 0.4) is 0 Å². The molecule has 2 N–H and O–H groups in total. The molecule has 0 aliphatic carbocycles. The van der Waals surface area contributed by atoms with E-state index < -0.39 is 0 Å². The van der Waals surface area contributed by atoms with Crippen LogP contribution in [0.1, 0.15) is 6.92 Å². The molecule has 0 amide bonds. The van der Waals surface area contributed by atoms with Gasteiger partial charge in [-0.1, -0.05) is 0 Å². The van der Waals surface area contributed by atoms with Crippen LogP contribution in [-0.4, -0.2) is 99.3 Å². The van der Waals surface area contributed by atoms with Gasteiger partial charge in [0.25, 0.3) is 0 Å². The normalized spacial score (nSPS) is 25.5. The molecule has 0 radical (unpaired) electrons. The molecule has 2 aliphatic rings.